The molecule has 0 radical (unpaired) electrons. The quantitative estimate of drug-likeness (QED) is 0.616. The van der Waals surface area contributed by atoms with Gasteiger partial charge in [-0.1, -0.05) is 0 Å². The van der Waals surface area contributed by atoms with Crippen molar-refractivity contribution >= 4 is 11.8 Å². The molecule has 0 rings (SSSR count). The van der Waals surface area contributed by atoms with Crippen LogP contribution in [0.5, 0.6) is 0 Å². The lowest BCUT2D eigenvalue weighted by Gasteiger charge is -2.10. The molecule has 5 nitrogen and oxygen atoms in total. The van der Waals surface area contributed by atoms with Crippen LogP contribution >= 0.6 is 0 Å². The van der Waals surface area contributed by atoms with Gasteiger partial charge in [-0.05, 0) is 6.92 Å². The summed E-state index contributed by atoms with van der Waals surface area (Å²) in [7, 11) is 3.27. The fourth-order valence-electron chi connectivity index (χ4n) is 0.578. The van der Waals surface area contributed by atoms with Crippen molar-refractivity contribution in [2.75, 3.05) is 33.9 Å². The zero-order valence-electron chi connectivity index (χ0n) is 8.29. The highest BCUT2D eigenvalue weighted by atomic mass is 16.5. The molecule has 0 aromatic heterocycles. The van der Waals surface area contributed by atoms with Crippen LogP contribution in [0.25, 0.3) is 0 Å². The summed E-state index contributed by atoms with van der Waals surface area (Å²) in [5.74, 6) is -0.401. The Morgan fingerprint density at radius 2 is 2.00 bits per heavy atom. The van der Waals surface area contributed by atoms with Crippen molar-refractivity contribution in [1.82, 2.24) is 10.2 Å². The van der Waals surface area contributed by atoms with Gasteiger partial charge >= 0.3 is 0 Å². The molecule has 13 heavy (non-hydrogen) atoms. The maximum atomic E-state index is 11.0. The van der Waals surface area contributed by atoms with E-state index in [2.05, 4.69) is 5.32 Å². The lowest BCUT2D eigenvalue weighted by Crippen LogP contribution is -2.37. The zero-order valence-corrected chi connectivity index (χ0v) is 8.29. The molecular formula is C8H16N2O3. The van der Waals surface area contributed by atoms with Gasteiger partial charge in [0, 0.05) is 20.7 Å². The third-order valence-corrected chi connectivity index (χ3v) is 1.37. The van der Waals surface area contributed by atoms with Crippen LogP contribution in [0.15, 0.2) is 0 Å². The predicted octanol–water partition coefficient (Wildman–Crippen LogP) is -0.773. The Morgan fingerprint density at radius 1 is 1.38 bits per heavy atom. The second-order valence-electron chi connectivity index (χ2n) is 2.70. The Balaban J connectivity index is 3.52. The van der Waals surface area contributed by atoms with Gasteiger partial charge < -0.3 is 15.0 Å². The Bertz CT molecular complexity index is 180. The number of ether oxygens (including phenoxy) is 1. The molecule has 0 aromatic carbocycles. The number of carbonyl (C=O) groups excluding carboxylic acids is 2. The van der Waals surface area contributed by atoms with Crippen LogP contribution in [0.3, 0.4) is 0 Å². The number of carbonyl (C=O) groups is 2. The van der Waals surface area contributed by atoms with Crippen LogP contribution in [0, 0.1) is 0 Å². The molecule has 0 atom stereocenters. The molecule has 0 bridgehead atoms. The maximum absolute atomic E-state index is 11.0. The van der Waals surface area contributed by atoms with Gasteiger partial charge in [-0.25, -0.2) is 0 Å². The minimum atomic E-state index is -0.267. The third kappa shape index (κ3) is 6.10. The summed E-state index contributed by atoms with van der Waals surface area (Å²) in [5.41, 5.74) is 0. The fraction of sp³-hybridized carbons (Fsp3) is 0.750. The Kier molecular flexibility index (Phi) is 5.88. The van der Waals surface area contributed by atoms with Crippen molar-refractivity contribution in [2.24, 2.45) is 0 Å². The van der Waals surface area contributed by atoms with E-state index in [1.807, 2.05) is 0 Å². The molecule has 1 N–H and O–H groups in total. The van der Waals surface area contributed by atoms with Crippen molar-refractivity contribution in [2.45, 2.75) is 6.92 Å². The lowest BCUT2D eigenvalue weighted by molar-refractivity contribution is -0.132. The largest absolute Gasteiger partial charge is 0.372 e. The van der Waals surface area contributed by atoms with E-state index in [1.54, 1.807) is 21.0 Å². The van der Waals surface area contributed by atoms with Crippen LogP contribution < -0.4 is 5.32 Å². The molecule has 2 amide bonds. The van der Waals surface area contributed by atoms with Crippen LogP contribution in [0.1, 0.15) is 6.92 Å². The number of hydrogen-bond acceptors (Lipinski definition) is 3. The summed E-state index contributed by atoms with van der Waals surface area (Å²) in [5, 5.41) is 2.44. The van der Waals surface area contributed by atoms with Crippen molar-refractivity contribution in [3.05, 3.63) is 0 Å². The molecule has 0 aromatic rings. The standard InChI is InChI=1S/C8H16N2O3/c1-4-13-6-7(11)9-5-8(12)10(2)3/h4-6H2,1-3H3,(H,9,11). The van der Waals surface area contributed by atoms with Crippen molar-refractivity contribution in [3.63, 3.8) is 0 Å². The summed E-state index contributed by atoms with van der Waals surface area (Å²) in [4.78, 5) is 23.3. The average molecular weight is 188 g/mol. The number of nitrogens with one attached hydrogen (secondary N) is 1. The van der Waals surface area contributed by atoms with Gasteiger partial charge in [0.15, 0.2) is 0 Å². The normalized spacial score (nSPS) is 9.46. The minimum Gasteiger partial charge on any atom is -0.372 e. The van der Waals surface area contributed by atoms with E-state index in [0.29, 0.717) is 6.61 Å². The van der Waals surface area contributed by atoms with E-state index >= 15 is 0 Å². The molecule has 5 heteroatoms. The van der Waals surface area contributed by atoms with Crippen molar-refractivity contribution in [1.29, 1.82) is 0 Å². The van der Waals surface area contributed by atoms with Gasteiger partial charge in [0.25, 0.3) is 0 Å². The van der Waals surface area contributed by atoms with Gasteiger partial charge in [-0.3, -0.25) is 9.59 Å². The summed E-state index contributed by atoms with van der Waals surface area (Å²) < 4.78 is 4.85. The molecule has 0 fully saturated rings. The van der Waals surface area contributed by atoms with Crippen LogP contribution in [-0.4, -0.2) is 50.6 Å². The maximum Gasteiger partial charge on any atom is 0.246 e. The van der Waals surface area contributed by atoms with E-state index < -0.39 is 0 Å². The molecule has 0 saturated carbocycles. The highest BCUT2D eigenvalue weighted by molar-refractivity contribution is 5.84. The van der Waals surface area contributed by atoms with Crippen LogP contribution in [0.4, 0.5) is 0 Å². The number of nitrogens with zero attached hydrogens (tertiary/aromatic N) is 1. The SMILES string of the molecule is CCOCC(=O)NCC(=O)N(C)C. The molecule has 0 heterocycles. The summed E-state index contributed by atoms with van der Waals surface area (Å²) in [6.45, 7) is 2.34. The highest BCUT2D eigenvalue weighted by Crippen LogP contribution is 1.77. The van der Waals surface area contributed by atoms with E-state index in [9.17, 15) is 9.59 Å². The molecule has 0 spiro atoms. The molecule has 76 valence electrons. The Morgan fingerprint density at radius 3 is 2.46 bits per heavy atom. The van der Waals surface area contributed by atoms with E-state index in [1.165, 1.54) is 4.90 Å². The van der Waals surface area contributed by atoms with Crippen LogP contribution in [0.2, 0.25) is 0 Å². The monoisotopic (exact) mass is 188 g/mol. The van der Waals surface area contributed by atoms with Crippen molar-refractivity contribution < 1.29 is 14.3 Å². The van der Waals surface area contributed by atoms with Gasteiger partial charge in [-0.15, -0.1) is 0 Å². The molecule has 0 aliphatic rings. The predicted molar refractivity (Wildman–Crippen MR) is 48.2 cm³/mol. The van der Waals surface area contributed by atoms with Crippen LogP contribution in [-0.2, 0) is 14.3 Å². The first-order valence-corrected chi connectivity index (χ1v) is 4.12. The second-order valence-corrected chi connectivity index (χ2v) is 2.70. The lowest BCUT2D eigenvalue weighted by atomic mass is 10.5. The number of amides is 2. The molecule has 0 saturated heterocycles. The second kappa shape index (κ2) is 6.42. The third-order valence-electron chi connectivity index (χ3n) is 1.37. The van der Waals surface area contributed by atoms with Crippen molar-refractivity contribution in [3.8, 4) is 0 Å². The first-order chi connectivity index (χ1) is 6.07. The van der Waals surface area contributed by atoms with Gasteiger partial charge in [0.05, 0.1) is 6.54 Å². The smallest absolute Gasteiger partial charge is 0.246 e. The van der Waals surface area contributed by atoms with Gasteiger partial charge in [0.2, 0.25) is 11.8 Å². The Labute approximate surface area is 78.0 Å². The number of rotatable bonds is 5. The minimum absolute atomic E-state index is 0.0111. The van der Waals surface area contributed by atoms with Gasteiger partial charge in [-0.2, -0.15) is 0 Å². The average Bonchev–Trinajstić information content (AvgIpc) is 2.10. The summed E-state index contributed by atoms with van der Waals surface area (Å²) >= 11 is 0. The molecule has 0 unspecified atom stereocenters. The first kappa shape index (κ1) is 11.9. The number of hydrogen-bond donors (Lipinski definition) is 1. The highest BCUT2D eigenvalue weighted by Gasteiger charge is 2.06. The van der Waals surface area contributed by atoms with Gasteiger partial charge in [0.1, 0.15) is 6.61 Å². The Hall–Kier alpha value is -1.10. The molecule has 0 aliphatic carbocycles. The summed E-state index contributed by atoms with van der Waals surface area (Å²) in [6, 6.07) is 0. The molecule has 0 aliphatic heterocycles. The fourth-order valence-corrected chi connectivity index (χ4v) is 0.578. The first-order valence-electron chi connectivity index (χ1n) is 4.12. The van der Waals surface area contributed by atoms with E-state index in [4.69, 9.17) is 4.74 Å². The van der Waals surface area contributed by atoms with E-state index in [-0.39, 0.29) is 25.0 Å². The topological polar surface area (TPSA) is 58.6 Å². The zero-order chi connectivity index (χ0) is 10.3. The van der Waals surface area contributed by atoms with E-state index in [0.717, 1.165) is 0 Å². The molecular weight excluding hydrogens is 172 g/mol. The summed E-state index contributed by atoms with van der Waals surface area (Å²) in [6.07, 6.45) is 0. The number of likely N-dealkylation sites (N-methyl/N-ethyl adjacent to an activating group) is 1.